The van der Waals surface area contributed by atoms with E-state index >= 15 is 0 Å². The predicted molar refractivity (Wildman–Crippen MR) is 128 cm³/mol. The first-order valence-electron chi connectivity index (χ1n) is 10.9. The Kier molecular flexibility index (Phi) is 9.23. The normalized spacial score (nSPS) is 20.3. The third-order valence-electron chi connectivity index (χ3n) is 6.86. The summed E-state index contributed by atoms with van der Waals surface area (Å²) in [6.45, 7) is 26.8. The van der Waals surface area contributed by atoms with E-state index in [9.17, 15) is 0 Å². The quantitative estimate of drug-likeness (QED) is 0.431. The first-order valence-corrected chi connectivity index (χ1v) is 14.0. The molecule has 170 valence electrons. The molecule has 1 atom stereocenters. The second-order valence-corrected chi connectivity index (χ2v) is 17.3. The van der Waals surface area contributed by atoms with E-state index in [2.05, 4.69) is 107 Å². The van der Waals surface area contributed by atoms with E-state index in [1.54, 1.807) is 31.5 Å². The minimum absolute atomic E-state index is 0. The minimum atomic E-state index is -0.317. The predicted octanol–water partition coefficient (Wildman–Crippen LogP) is 2.90. The van der Waals surface area contributed by atoms with E-state index in [1.165, 1.54) is 5.56 Å². The number of allylic oxidation sites excluding steroid dienone is 5. The number of rotatable bonds is 3. The van der Waals surface area contributed by atoms with Crippen molar-refractivity contribution in [2.75, 3.05) is 0 Å². The molecule has 0 spiro atoms. The molecule has 0 aromatic heterocycles. The molecule has 0 saturated heterocycles. The van der Waals surface area contributed by atoms with Crippen molar-refractivity contribution in [1.29, 1.82) is 0 Å². The smallest absolute Gasteiger partial charge is 1.00 e. The van der Waals surface area contributed by atoms with Gasteiger partial charge in [0.05, 0.1) is 0 Å². The van der Waals surface area contributed by atoms with E-state index in [0.29, 0.717) is 14.5 Å². The third kappa shape index (κ3) is 5.30. The number of hydrogen-bond acceptors (Lipinski definition) is 0. The second kappa shape index (κ2) is 9.80. The summed E-state index contributed by atoms with van der Waals surface area (Å²) in [6.07, 6.45) is 2.59. The summed E-state index contributed by atoms with van der Waals surface area (Å²) in [6, 6.07) is 9.22. The van der Waals surface area contributed by atoms with Gasteiger partial charge in [-0.1, -0.05) is 0 Å². The van der Waals surface area contributed by atoms with Gasteiger partial charge >= 0.3 is 191 Å². The third-order valence-corrected chi connectivity index (χ3v) is 14.3. The zero-order valence-electron chi connectivity index (χ0n) is 21.2. The van der Waals surface area contributed by atoms with Gasteiger partial charge in [0.15, 0.2) is 0 Å². The fraction of sp³-hybridized carbons (Fsp3) is 0.556. The number of fused-ring (bicyclic) bond motifs is 1. The van der Waals surface area contributed by atoms with Crippen molar-refractivity contribution in [3.05, 3.63) is 61.3 Å². The molecule has 31 heavy (non-hydrogen) atoms. The van der Waals surface area contributed by atoms with Crippen molar-refractivity contribution in [2.45, 2.75) is 90.7 Å². The zero-order chi connectivity index (χ0) is 21.9. The molecule has 0 aliphatic heterocycles. The molecule has 1 aromatic carbocycles. The van der Waals surface area contributed by atoms with Crippen LogP contribution in [0.2, 0.25) is 0 Å². The summed E-state index contributed by atoms with van der Waals surface area (Å²) in [5.74, 6) is 0. The maximum absolute atomic E-state index is 2.59. The van der Waals surface area contributed by atoms with E-state index in [-0.39, 0.29) is 57.3 Å². The van der Waals surface area contributed by atoms with Crippen molar-refractivity contribution in [2.24, 2.45) is 5.41 Å². The number of halogens is 2. The summed E-state index contributed by atoms with van der Waals surface area (Å²) in [5, 5.41) is 2.38. The molecule has 2 aliphatic carbocycles. The zero-order valence-corrected chi connectivity index (χ0v) is 25.1. The van der Waals surface area contributed by atoms with Gasteiger partial charge in [-0.2, -0.15) is 0 Å². The van der Waals surface area contributed by atoms with Gasteiger partial charge in [0.2, 0.25) is 0 Å². The van der Waals surface area contributed by atoms with Crippen LogP contribution in [0.3, 0.4) is 0 Å². The summed E-state index contributed by atoms with van der Waals surface area (Å²) in [7, 11) is -0.261. The molecule has 0 saturated carbocycles. The van der Waals surface area contributed by atoms with E-state index in [1.807, 2.05) is 0 Å². The first-order chi connectivity index (χ1) is 13.2. The molecule has 1 unspecified atom stereocenters. The minimum Gasteiger partial charge on any atom is -1.00 e. The largest absolute Gasteiger partial charge is 1.00 e. The van der Waals surface area contributed by atoms with Crippen LogP contribution in [-0.4, -0.2) is 10.3 Å². The number of benzene rings is 1. The van der Waals surface area contributed by atoms with E-state index in [0.717, 1.165) is 0 Å². The van der Waals surface area contributed by atoms with Crippen LogP contribution < -0.4 is 24.8 Å². The van der Waals surface area contributed by atoms with Crippen molar-refractivity contribution in [1.82, 2.24) is 0 Å². The molecule has 0 fully saturated rings. The maximum Gasteiger partial charge on any atom is -1.00 e. The molecule has 0 N–H and O–H groups in total. The fourth-order valence-electron chi connectivity index (χ4n) is 5.46. The second-order valence-electron chi connectivity index (χ2n) is 11.3. The molecular weight excluding hydrogens is 474 g/mol. The van der Waals surface area contributed by atoms with E-state index < -0.39 is 0 Å². The average Bonchev–Trinajstić information content (AvgIpc) is 2.98. The Balaban J connectivity index is 0.00000240. The van der Waals surface area contributed by atoms with E-state index in [4.69, 9.17) is 0 Å². The Hall–Kier alpha value is 0.164. The van der Waals surface area contributed by atoms with Crippen molar-refractivity contribution < 1.29 is 44.0 Å². The Morgan fingerprint density at radius 3 is 1.81 bits per heavy atom. The molecule has 0 bridgehead atoms. The van der Waals surface area contributed by atoms with Crippen LogP contribution in [0.1, 0.15) is 91.5 Å². The summed E-state index contributed by atoms with van der Waals surface area (Å²) < 4.78 is 2.41. The number of hydrogen-bond donors (Lipinski definition) is 0. The monoisotopic (exact) mass is 512 g/mol. The van der Waals surface area contributed by atoms with Gasteiger partial charge in [-0.05, 0) is 0 Å². The van der Waals surface area contributed by atoms with Gasteiger partial charge in [0, 0.05) is 0 Å². The molecule has 3 rings (SSSR count). The van der Waals surface area contributed by atoms with Gasteiger partial charge in [0.25, 0.3) is 0 Å². The molecule has 0 amide bonds. The maximum atomic E-state index is 2.59. The van der Waals surface area contributed by atoms with Crippen LogP contribution in [-0.2, 0) is 19.2 Å². The van der Waals surface area contributed by atoms with Crippen LogP contribution in [0, 0.1) is 5.41 Å². The Labute approximate surface area is 214 Å². The molecule has 1 aromatic rings. The standard InChI is InChI=1S/C17H24P.C10H15.2ClH.Ti/c1-16(2,3)18(17(4,5)6)15-11-13-9-7-8-10-14(13)12-15;1-7-6-10(4,5)9(3)8(7)2;;;/h7-12H,1-6H3;1-5H3;2*1H;/q;;;;+2/p-2. The van der Waals surface area contributed by atoms with Crippen LogP contribution in [0.25, 0.3) is 6.08 Å². The topological polar surface area (TPSA) is 0 Å². The van der Waals surface area contributed by atoms with Crippen molar-refractivity contribution in [3.8, 4) is 0 Å². The Bertz CT molecular complexity index is 909. The SMILES string of the molecule is CC1=C(C)C(C)(C)[C]([Ti+2][CH]2C(P(C(C)(C)C)C(C)(C)C)=Cc3ccccc32)=C1C.[Cl-].[Cl-]. The summed E-state index contributed by atoms with van der Waals surface area (Å²) >= 11 is -0.317. The fourth-order valence-corrected chi connectivity index (χ4v) is 13.5. The summed E-state index contributed by atoms with van der Waals surface area (Å²) in [4.78, 5) is 0. The van der Waals surface area contributed by atoms with Crippen LogP contribution in [0.4, 0.5) is 0 Å². The van der Waals surface area contributed by atoms with Gasteiger partial charge < -0.3 is 24.8 Å². The van der Waals surface area contributed by atoms with Crippen molar-refractivity contribution in [3.63, 3.8) is 0 Å². The van der Waals surface area contributed by atoms with Gasteiger partial charge in [0.1, 0.15) is 0 Å². The molecule has 0 radical (unpaired) electrons. The molecule has 0 nitrogen and oxygen atoms in total. The van der Waals surface area contributed by atoms with Crippen LogP contribution in [0.15, 0.2) is 50.2 Å². The Morgan fingerprint density at radius 1 is 0.839 bits per heavy atom. The first kappa shape index (κ1) is 29.2. The molecule has 2 aliphatic rings. The Morgan fingerprint density at radius 2 is 1.35 bits per heavy atom. The van der Waals surface area contributed by atoms with Crippen LogP contribution >= 0.6 is 7.92 Å². The molecule has 0 heterocycles. The van der Waals surface area contributed by atoms with Crippen molar-refractivity contribution >= 4 is 14.0 Å². The average molecular weight is 513 g/mol. The van der Waals surface area contributed by atoms with Gasteiger partial charge in [-0.15, -0.1) is 0 Å². The summed E-state index contributed by atoms with van der Waals surface area (Å²) in [5.41, 5.74) is 8.02. The molecular formula is C27H39Cl2PTi. The van der Waals surface area contributed by atoms with Gasteiger partial charge in [-0.25, -0.2) is 0 Å². The molecule has 4 heteroatoms. The van der Waals surface area contributed by atoms with Crippen LogP contribution in [0.5, 0.6) is 0 Å². The van der Waals surface area contributed by atoms with Gasteiger partial charge in [-0.3, -0.25) is 0 Å².